The molecule has 0 aliphatic rings. The zero-order chi connectivity index (χ0) is 12.6. The highest BCUT2D eigenvalue weighted by molar-refractivity contribution is 14.1. The third-order valence-corrected chi connectivity index (χ3v) is 2.94. The van der Waals surface area contributed by atoms with Crippen molar-refractivity contribution in [1.82, 2.24) is 19.7 Å². The van der Waals surface area contributed by atoms with Crippen LogP contribution in [0.3, 0.4) is 0 Å². The van der Waals surface area contributed by atoms with Crippen molar-refractivity contribution in [2.75, 3.05) is 5.73 Å². The second kappa shape index (κ2) is 4.16. The zero-order valence-electron chi connectivity index (χ0n) is 8.35. The van der Waals surface area contributed by atoms with Crippen LogP contribution in [-0.2, 0) is 0 Å². The number of aromatic amines is 1. The Morgan fingerprint density at radius 3 is 2.82 bits per heavy atom. The lowest BCUT2D eigenvalue weighted by Gasteiger charge is -2.00. The summed E-state index contributed by atoms with van der Waals surface area (Å²) in [5, 5.41) is 3.88. The summed E-state index contributed by atoms with van der Waals surface area (Å²) in [5.74, 6) is -0.449. The summed E-state index contributed by atoms with van der Waals surface area (Å²) in [6.45, 7) is 0. The van der Waals surface area contributed by atoms with Crippen molar-refractivity contribution < 1.29 is 4.79 Å². The molecule has 0 radical (unpaired) electrons. The molecule has 0 spiro atoms. The van der Waals surface area contributed by atoms with Crippen molar-refractivity contribution in [3.8, 4) is 5.82 Å². The van der Waals surface area contributed by atoms with Gasteiger partial charge < -0.3 is 16.5 Å². The van der Waals surface area contributed by atoms with E-state index >= 15 is 0 Å². The van der Waals surface area contributed by atoms with Gasteiger partial charge in [-0.3, -0.25) is 9.59 Å². The number of nitrogen functional groups attached to an aromatic ring is 1. The van der Waals surface area contributed by atoms with Crippen LogP contribution in [0.25, 0.3) is 5.82 Å². The van der Waals surface area contributed by atoms with Crippen LogP contribution in [-0.4, -0.2) is 25.7 Å². The van der Waals surface area contributed by atoms with Crippen molar-refractivity contribution >= 4 is 34.2 Å². The Morgan fingerprint density at radius 1 is 1.53 bits per heavy atom. The van der Waals surface area contributed by atoms with Crippen LogP contribution in [0.15, 0.2) is 17.3 Å². The van der Waals surface area contributed by atoms with Crippen LogP contribution in [0.5, 0.6) is 0 Å². The molecule has 0 aromatic carbocycles. The molecule has 2 aromatic rings. The molecule has 0 unspecified atom stereocenters. The molecular weight excluding hydrogens is 339 g/mol. The van der Waals surface area contributed by atoms with Crippen LogP contribution in [0.2, 0.25) is 0 Å². The number of H-pyrrole nitrogens is 1. The number of halogens is 1. The smallest absolute Gasteiger partial charge is 0.271 e. The standard InChI is InChI=1S/C8H7IN6O2/c9-4-7(12-2-13-8(4)17)15-1-3(10)5(14-15)6(11)16/h1-2H,10H2,(H2,11,16)(H,12,13,17). The maximum absolute atomic E-state index is 11.4. The Bertz CT molecular complexity index is 646. The summed E-state index contributed by atoms with van der Waals surface area (Å²) in [6, 6.07) is 0. The minimum absolute atomic E-state index is 0.0529. The summed E-state index contributed by atoms with van der Waals surface area (Å²) in [4.78, 5) is 28.7. The van der Waals surface area contributed by atoms with E-state index in [0.717, 1.165) is 0 Å². The van der Waals surface area contributed by atoms with Gasteiger partial charge in [-0.25, -0.2) is 9.67 Å². The first-order valence-electron chi connectivity index (χ1n) is 4.39. The highest BCUT2D eigenvalue weighted by Gasteiger charge is 2.15. The van der Waals surface area contributed by atoms with E-state index in [1.807, 2.05) is 22.6 Å². The minimum atomic E-state index is -0.735. The number of amides is 1. The van der Waals surface area contributed by atoms with Gasteiger partial charge in [0.1, 0.15) is 3.57 Å². The SMILES string of the molecule is NC(=O)c1nn(-c2nc[nH]c(=O)c2I)cc1N. The van der Waals surface area contributed by atoms with E-state index in [4.69, 9.17) is 11.5 Å². The number of aromatic nitrogens is 4. The van der Waals surface area contributed by atoms with E-state index in [-0.39, 0.29) is 22.8 Å². The largest absolute Gasteiger partial charge is 0.396 e. The van der Waals surface area contributed by atoms with Crippen LogP contribution in [0.4, 0.5) is 5.69 Å². The van der Waals surface area contributed by atoms with Gasteiger partial charge in [-0.1, -0.05) is 0 Å². The van der Waals surface area contributed by atoms with Gasteiger partial charge in [0.15, 0.2) is 11.5 Å². The lowest BCUT2D eigenvalue weighted by molar-refractivity contribution is 0.0996. The molecule has 2 aromatic heterocycles. The molecular formula is C8H7IN6O2. The maximum atomic E-state index is 11.4. The number of nitrogens with one attached hydrogen (secondary N) is 1. The summed E-state index contributed by atoms with van der Waals surface area (Å²) < 4.78 is 1.58. The lowest BCUT2D eigenvalue weighted by atomic mass is 10.4. The van der Waals surface area contributed by atoms with Crippen molar-refractivity contribution in [3.63, 3.8) is 0 Å². The number of hydrogen-bond donors (Lipinski definition) is 3. The highest BCUT2D eigenvalue weighted by atomic mass is 127. The average Bonchev–Trinajstić information content (AvgIpc) is 2.64. The fraction of sp³-hybridized carbons (Fsp3) is 0. The van der Waals surface area contributed by atoms with Crippen molar-refractivity contribution in [3.05, 3.63) is 32.1 Å². The zero-order valence-corrected chi connectivity index (χ0v) is 10.5. The average molecular weight is 346 g/mol. The van der Waals surface area contributed by atoms with E-state index in [9.17, 15) is 9.59 Å². The van der Waals surface area contributed by atoms with Gasteiger partial charge in [-0.05, 0) is 22.6 Å². The fourth-order valence-corrected chi connectivity index (χ4v) is 1.76. The number of anilines is 1. The van der Waals surface area contributed by atoms with Crippen LogP contribution < -0.4 is 17.0 Å². The van der Waals surface area contributed by atoms with Crippen molar-refractivity contribution in [2.45, 2.75) is 0 Å². The minimum Gasteiger partial charge on any atom is -0.396 e. The third-order valence-electron chi connectivity index (χ3n) is 1.97. The quantitative estimate of drug-likeness (QED) is 0.615. The van der Waals surface area contributed by atoms with Gasteiger partial charge in [-0.2, -0.15) is 5.10 Å². The Kier molecular flexibility index (Phi) is 2.83. The van der Waals surface area contributed by atoms with Gasteiger partial charge in [0.2, 0.25) is 0 Å². The number of carbonyl (C=O) groups is 1. The molecule has 88 valence electrons. The van der Waals surface area contributed by atoms with Gasteiger partial charge in [0.25, 0.3) is 11.5 Å². The molecule has 0 saturated heterocycles. The van der Waals surface area contributed by atoms with Gasteiger partial charge in [0, 0.05) is 0 Å². The monoisotopic (exact) mass is 346 g/mol. The van der Waals surface area contributed by atoms with E-state index in [1.165, 1.54) is 17.2 Å². The summed E-state index contributed by atoms with van der Waals surface area (Å²) in [6.07, 6.45) is 2.62. The second-order valence-corrected chi connectivity index (χ2v) is 4.19. The van der Waals surface area contributed by atoms with E-state index in [1.54, 1.807) is 0 Å². The lowest BCUT2D eigenvalue weighted by Crippen LogP contribution is -2.17. The molecule has 9 heteroatoms. The van der Waals surface area contributed by atoms with Crippen LogP contribution >= 0.6 is 22.6 Å². The third kappa shape index (κ3) is 2.00. The number of nitrogens with zero attached hydrogens (tertiary/aromatic N) is 3. The summed E-state index contributed by atoms with van der Waals surface area (Å²) in [5.41, 5.74) is 10.4. The van der Waals surface area contributed by atoms with Gasteiger partial charge in [0.05, 0.1) is 18.2 Å². The predicted molar refractivity (Wildman–Crippen MR) is 67.6 cm³/mol. The molecule has 0 bridgehead atoms. The number of hydrogen-bond acceptors (Lipinski definition) is 5. The first-order valence-corrected chi connectivity index (χ1v) is 5.47. The fourth-order valence-electron chi connectivity index (χ4n) is 1.22. The molecule has 5 N–H and O–H groups in total. The molecule has 0 fully saturated rings. The Morgan fingerprint density at radius 2 is 2.24 bits per heavy atom. The van der Waals surface area contributed by atoms with Crippen molar-refractivity contribution in [1.29, 1.82) is 0 Å². The summed E-state index contributed by atoms with van der Waals surface area (Å²) >= 11 is 1.82. The summed E-state index contributed by atoms with van der Waals surface area (Å²) in [7, 11) is 0. The first kappa shape index (κ1) is 11.6. The molecule has 2 rings (SSSR count). The number of carbonyl (C=O) groups excluding carboxylic acids is 1. The van der Waals surface area contributed by atoms with E-state index < -0.39 is 5.91 Å². The topological polar surface area (TPSA) is 133 Å². The normalized spacial score (nSPS) is 10.4. The molecule has 2 heterocycles. The van der Waals surface area contributed by atoms with Crippen LogP contribution in [0.1, 0.15) is 10.5 Å². The van der Waals surface area contributed by atoms with Gasteiger partial charge in [-0.15, -0.1) is 0 Å². The Balaban J connectivity index is 2.62. The molecule has 17 heavy (non-hydrogen) atoms. The second-order valence-electron chi connectivity index (χ2n) is 3.11. The van der Waals surface area contributed by atoms with Crippen molar-refractivity contribution in [2.24, 2.45) is 5.73 Å². The molecule has 1 amide bonds. The molecule has 0 atom stereocenters. The van der Waals surface area contributed by atoms with E-state index in [0.29, 0.717) is 3.57 Å². The first-order chi connectivity index (χ1) is 8.00. The molecule has 0 aliphatic carbocycles. The highest BCUT2D eigenvalue weighted by Crippen LogP contribution is 2.14. The number of nitrogens with two attached hydrogens (primary N) is 2. The predicted octanol–water partition coefficient (Wildman–Crippen LogP) is -0.759. The molecule has 0 saturated carbocycles. The van der Waals surface area contributed by atoms with Gasteiger partial charge >= 0.3 is 0 Å². The Hall–Kier alpha value is -1.91. The Labute approximate surface area is 108 Å². The molecule has 8 nitrogen and oxygen atoms in total. The molecule has 0 aliphatic heterocycles. The maximum Gasteiger partial charge on any atom is 0.271 e. The number of rotatable bonds is 2. The van der Waals surface area contributed by atoms with Crippen LogP contribution in [0, 0.1) is 3.57 Å². The van der Waals surface area contributed by atoms with E-state index in [2.05, 4.69) is 15.1 Å². The number of primary amides is 1.